The zero-order chi connectivity index (χ0) is 14.1. The van der Waals surface area contributed by atoms with E-state index in [1.165, 1.54) is 0 Å². The molecule has 3 rings (SSSR count). The van der Waals surface area contributed by atoms with E-state index in [4.69, 9.17) is 0 Å². The first-order valence-electron chi connectivity index (χ1n) is 6.51. The average molecular weight is 265 g/mol. The molecule has 4 nitrogen and oxygen atoms in total. The molecule has 0 bridgehead atoms. The first-order chi connectivity index (χ1) is 9.65. The van der Waals surface area contributed by atoms with Gasteiger partial charge in [-0.05, 0) is 19.1 Å². The van der Waals surface area contributed by atoms with Gasteiger partial charge in [-0.1, -0.05) is 24.3 Å². The molecule has 0 radical (unpaired) electrons. The van der Waals surface area contributed by atoms with Crippen LogP contribution in [0.2, 0.25) is 0 Å². The number of ketones is 1. The number of fused-ring (bicyclic) bond motifs is 1. The summed E-state index contributed by atoms with van der Waals surface area (Å²) < 4.78 is 1.71. The third-order valence-corrected chi connectivity index (χ3v) is 3.53. The minimum atomic E-state index is 0.0541. The fourth-order valence-corrected chi connectivity index (χ4v) is 2.24. The molecule has 100 valence electrons. The molecule has 1 aromatic carbocycles. The molecule has 0 saturated heterocycles. The maximum Gasteiger partial charge on any atom is 0.172 e. The van der Waals surface area contributed by atoms with Crippen LogP contribution in [0.3, 0.4) is 0 Å². The van der Waals surface area contributed by atoms with Crippen molar-refractivity contribution in [3.63, 3.8) is 0 Å². The number of aryl methyl sites for hydroxylation is 1. The number of nitrogens with zero attached hydrogens (tertiary/aromatic N) is 3. The molecule has 2 aromatic heterocycles. The standard InChI is InChI=1S/C16H15N3O/c1-11-14(10-17-19(11)2)16(20)9-13-8-7-12-5-3-4-6-15(12)18-13/h3-8,10H,9H2,1-2H3. The van der Waals surface area contributed by atoms with Crippen LogP contribution >= 0.6 is 0 Å². The van der Waals surface area contributed by atoms with Gasteiger partial charge in [0.15, 0.2) is 5.78 Å². The third kappa shape index (κ3) is 2.20. The van der Waals surface area contributed by atoms with Crippen LogP contribution in [-0.4, -0.2) is 20.5 Å². The van der Waals surface area contributed by atoms with Crippen LogP contribution in [0.1, 0.15) is 21.7 Å². The summed E-state index contributed by atoms with van der Waals surface area (Å²) in [5.74, 6) is 0.0541. The lowest BCUT2D eigenvalue weighted by Gasteiger charge is -2.03. The fourth-order valence-electron chi connectivity index (χ4n) is 2.24. The summed E-state index contributed by atoms with van der Waals surface area (Å²) in [5, 5.41) is 5.19. The lowest BCUT2D eigenvalue weighted by atomic mass is 10.1. The number of rotatable bonds is 3. The van der Waals surface area contributed by atoms with Gasteiger partial charge < -0.3 is 0 Å². The molecule has 3 aromatic rings. The van der Waals surface area contributed by atoms with Gasteiger partial charge in [-0.2, -0.15) is 5.10 Å². The number of carbonyl (C=O) groups excluding carboxylic acids is 1. The molecule has 0 N–H and O–H groups in total. The number of Topliss-reactive ketones (excluding diaryl/α,β-unsaturated/α-hetero) is 1. The van der Waals surface area contributed by atoms with Crippen LogP contribution in [0.15, 0.2) is 42.6 Å². The molecule has 4 heteroatoms. The van der Waals surface area contributed by atoms with Gasteiger partial charge in [-0.3, -0.25) is 14.5 Å². The minimum absolute atomic E-state index is 0.0541. The number of aromatic nitrogens is 3. The highest BCUT2D eigenvalue weighted by Gasteiger charge is 2.14. The van der Waals surface area contributed by atoms with Crippen molar-refractivity contribution in [1.82, 2.24) is 14.8 Å². The van der Waals surface area contributed by atoms with Crippen LogP contribution in [0.25, 0.3) is 10.9 Å². The van der Waals surface area contributed by atoms with E-state index in [2.05, 4.69) is 10.1 Å². The summed E-state index contributed by atoms with van der Waals surface area (Å²) >= 11 is 0. The van der Waals surface area contributed by atoms with E-state index >= 15 is 0 Å². The Morgan fingerprint density at radius 3 is 2.75 bits per heavy atom. The monoisotopic (exact) mass is 265 g/mol. The molecule has 0 unspecified atom stereocenters. The molecule has 0 atom stereocenters. The number of hydrogen-bond donors (Lipinski definition) is 0. The van der Waals surface area contributed by atoms with Gasteiger partial charge in [-0.15, -0.1) is 0 Å². The van der Waals surface area contributed by atoms with E-state index < -0.39 is 0 Å². The van der Waals surface area contributed by atoms with Crippen molar-refractivity contribution in [2.45, 2.75) is 13.3 Å². The van der Waals surface area contributed by atoms with Crippen molar-refractivity contribution in [2.75, 3.05) is 0 Å². The highest BCUT2D eigenvalue weighted by molar-refractivity contribution is 5.98. The summed E-state index contributed by atoms with van der Waals surface area (Å²) in [6.45, 7) is 1.90. The second kappa shape index (κ2) is 4.89. The number of pyridine rings is 1. The Kier molecular flexibility index (Phi) is 3.06. The molecule has 0 aliphatic carbocycles. The fraction of sp³-hybridized carbons (Fsp3) is 0.188. The van der Waals surface area contributed by atoms with Gasteiger partial charge in [0.2, 0.25) is 0 Å². The molecule has 0 amide bonds. The van der Waals surface area contributed by atoms with E-state index in [0.717, 1.165) is 22.3 Å². The van der Waals surface area contributed by atoms with Crippen LogP contribution in [0.5, 0.6) is 0 Å². The number of benzene rings is 1. The molecule has 2 heterocycles. The summed E-state index contributed by atoms with van der Waals surface area (Å²) in [4.78, 5) is 16.8. The summed E-state index contributed by atoms with van der Waals surface area (Å²) in [7, 11) is 1.83. The Balaban J connectivity index is 1.89. The van der Waals surface area contributed by atoms with Crippen LogP contribution < -0.4 is 0 Å². The third-order valence-electron chi connectivity index (χ3n) is 3.53. The maximum atomic E-state index is 12.3. The van der Waals surface area contributed by atoms with Gasteiger partial charge in [-0.25, -0.2) is 0 Å². The average Bonchev–Trinajstić information content (AvgIpc) is 2.79. The SMILES string of the molecule is Cc1c(C(=O)Cc2ccc3ccccc3n2)cnn1C. The number of carbonyl (C=O) groups is 1. The Labute approximate surface area is 117 Å². The van der Waals surface area contributed by atoms with E-state index in [9.17, 15) is 4.79 Å². The quantitative estimate of drug-likeness (QED) is 0.684. The Hall–Kier alpha value is -2.49. The van der Waals surface area contributed by atoms with Crippen LogP contribution in [0.4, 0.5) is 0 Å². The van der Waals surface area contributed by atoms with Gasteiger partial charge >= 0.3 is 0 Å². The Morgan fingerprint density at radius 1 is 1.20 bits per heavy atom. The smallest absolute Gasteiger partial charge is 0.172 e. The lowest BCUT2D eigenvalue weighted by molar-refractivity contribution is 0.0991. The number of para-hydroxylation sites is 1. The van der Waals surface area contributed by atoms with Crippen molar-refractivity contribution >= 4 is 16.7 Å². The highest BCUT2D eigenvalue weighted by Crippen LogP contribution is 2.14. The summed E-state index contributed by atoms with van der Waals surface area (Å²) in [6.07, 6.45) is 1.93. The van der Waals surface area contributed by atoms with E-state index in [1.807, 2.05) is 50.4 Å². The van der Waals surface area contributed by atoms with Gasteiger partial charge in [0.1, 0.15) is 0 Å². The zero-order valence-corrected chi connectivity index (χ0v) is 11.5. The number of hydrogen-bond acceptors (Lipinski definition) is 3. The van der Waals surface area contributed by atoms with Gasteiger partial charge in [0.05, 0.1) is 23.7 Å². The highest BCUT2D eigenvalue weighted by atomic mass is 16.1. The summed E-state index contributed by atoms with van der Waals surface area (Å²) in [6, 6.07) is 11.8. The molecule has 0 saturated carbocycles. The molecule has 0 spiro atoms. The van der Waals surface area contributed by atoms with Crippen molar-refractivity contribution in [1.29, 1.82) is 0 Å². The Morgan fingerprint density at radius 2 is 2.00 bits per heavy atom. The van der Waals surface area contributed by atoms with Crippen molar-refractivity contribution in [3.05, 3.63) is 59.5 Å². The molecule has 0 aliphatic heterocycles. The largest absolute Gasteiger partial charge is 0.294 e. The van der Waals surface area contributed by atoms with E-state index in [0.29, 0.717) is 12.0 Å². The second-order valence-corrected chi connectivity index (χ2v) is 4.86. The topological polar surface area (TPSA) is 47.8 Å². The first kappa shape index (κ1) is 12.5. The predicted molar refractivity (Wildman–Crippen MR) is 77.7 cm³/mol. The summed E-state index contributed by atoms with van der Waals surface area (Å²) in [5.41, 5.74) is 3.26. The maximum absolute atomic E-state index is 12.3. The van der Waals surface area contributed by atoms with E-state index in [1.54, 1.807) is 10.9 Å². The molecule has 0 fully saturated rings. The lowest BCUT2D eigenvalue weighted by Crippen LogP contribution is -2.06. The molecular formula is C16H15N3O. The molecule has 0 aliphatic rings. The van der Waals surface area contributed by atoms with Crippen LogP contribution in [0, 0.1) is 6.92 Å². The van der Waals surface area contributed by atoms with Crippen molar-refractivity contribution < 1.29 is 4.79 Å². The minimum Gasteiger partial charge on any atom is -0.294 e. The predicted octanol–water partition coefficient (Wildman–Crippen LogP) is 2.70. The Bertz CT molecular complexity index is 789. The van der Waals surface area contributed by atoms with Gasteiger partial charge in [0, 0.05) is 23.8 Å². The molecule has 20 heavy (non-hydrogen) atoms. The van der Waals surface area contributed by atoms with Crippen molar-refractivity contribution in [2.24, 2.45) is 7.05 Å². The molecular weight excluding hydrogens is 250 g/mol. The normalized spacial score (nSPS) is 10.9. The van der Waals surface area contributed by atoms with Gasteiger partial charge in [0.25, 0.3) is 0 Å². The zero-order valence-electron chi connectivity index (χ0n) is 11.5. The van der Waals surface area contributed by atoms with Crippen molar-refractivity contribution in [3.8, 4) is 0 Å². The first-order valence-corrected chi connectivity index (χ1v) is 6.51. The second-order valence-electron chi connectivity index (χ2n) is 4.86. The van der Waals surface area contributed by atoms with Crippen LogP contribution in [-0.2, 0) is 13.5 Å². The van der Waals surface area contributed by atoms with E-state index in [-0.39, 0.29) is 5.78 Å².